The molecule has 6 heteroatoms. The van der Waals surface area contributed by atoms with Gasteiger partial charge in [0.1, 0.15) is 11.5 Å². The minimum Gasteiger partial charge on any atom is -0.497 e. The van der Waals surface area contributed by atoms with E-state index in [1.54, 1.807) is 25.2 Å². The fourth-order valence-corrected chi connectivity index (χ4v) is 3.10. The predicted molar refractivity (Wildman–Crippen MR) is 97.7 cm³/mol. The van der Waals surface area contributed by atoms with Crippen molar-refractivity contribution in [1.29, 1.82) is 0 Å². The highest BCUT2D eigenvalue weighted by Crippen LogP contribution is 2.34. The van der Waals surface area contributed by atoms with Crippen molar-refractivity contribution in [1.82, 2.24) is 4.90 Å². The Morgan fingerprint density at radius 3 is 2.81 bits per heavy atom. The lowest BCUT2D eigenvalue weighted by Gasteiger charge is -2.34. The molecule has 1 saturated heterocycles. The Morgan fingerprint density at radius 2 is 2.08 bits per heavy atom. The van der Waals surface area contributed by atoms with Crippen LogP contribution in [0.15, 0.2) is 42.5 Å². The van der Waals surface area contributed by atoms with E-state index in [4.69, 9.17) is 14.2 Å². The molecule has 0 aromatic heterocycles. The molecule has 0 saturated carbocycles. The van der Waals surface area contributed by atoms with Gasteiger partial charge in [0.15, 0.2) is 0 Å². The van der Waals surface area contributed by atoms with Crippen LogP contribution in [0.3, 0.4) is 0 Å². The number of benzene rings is 2. The number of carbonyl (C=O) groups excluding carboxylic acids is 1. The monoisotopic (exact) mass is 357 g/mol. The molecule has 0 bridgehead atoms. The fourth-order valence-electron chi connectivity index (χ4n) is 3.10. The molecule has 0 aliphatic carbocycles. The zero-order valence-corrected chi connectivity index (χ0v) is 15.0. The molecule has 1 N–H and O–H groups in total. The van der Waals surface area contributed by atoms with Gasteiger partial charge in [-0.3, -0.25) is 4.79 Å². The van der Waals surface area contributed by atoms with Gasteiger partial charge in [0, 0.05) is 17.7 Å². The Morgan fingerprint density at radius 1 is 1.23 bits per heavy atom. The molecule has 1 fully saturated rings. The lowest BCUT2D eigenvalue weighted by molar-refractivity contribution is -0.0183. The van der Waals surface area contributed by atoms with E-state index in [2.05, 4.69) is 0 Å². The van der Waals surface area contributed by atoms with Crippen molar-refractivity contribution < 1.29 is 24.1 Å². The molecular weight excluding hydrogens is 334 g/mol. The summed E-state index contributed by atoms with van der Waals surface area (Å²) in [6.07, 6.45) is 0. The van der Waals surface area contributed by atoms with E-state index in [1.807, 2.05) is 36.4 Å². The normalized spacial score (nSPS) is 17.0. The molecule has 2 aromatic carbocycles. The van der Waals surface area contributed by atoms with Crippen LogP contribution in [0.1, 0.15) is 10.4 Å². The Labute approximate surface area is 152 Å². The van der Waals surface area contributed by atoms with Crippen molar-refractivity contribution in [2.45, 2.75) is 6.04 Å². The van der Waals surface area contributed by atoms with Gasteiger partial charge in [0.05, 0.1) is 40.1 Å². The van der Waals surface area contributed by atoms with Crippen molar-refractivity contribution in [2.75, 3.05) is 40.6 Å². The maximum Gasteiger partial charge on any atom is 0.254 e. The summed E-state index contributed by atoms with van der Waals surface area (Å²) in [7, 11) is 3.22. The third-order valence-electron chi connectivity index (χ3n) is 4.53. The lowest BCUT2D eigenvalue weighted by atomic mass is 10.0. The lowest BCUT2D eigenvalue weighted by Crippen LogP contribution is -2.50. The van der Waals surface area contributed by atoms with Gasteiger partial charge in [-0.05, 0) is 35.9 Å². The third kappa shape index (κ3) is 3.66. The van der Waals surface area contributed by atoms with Gasteiger partial charge in [-0.1, -0.05) is 12.1 Å². The molecule has 6 nitrogen and oxygen atoms in total. The first-order valence-corrected chi connectivity index (χ1v) is 8.50. The Kier molecular flexibility index (Phi) is 5.75. The standard InChI is InChI=1S/C20H23NO5/c1-24-17-6-7-19(25-2)18(11-17)14-4-3-5-15(10-14)20(23)21-8-9-26-13-16(21)12-22/h3-7,10-11,16,22H,8-9,12-13H2,1-2H3. The molecule has 2 aromatic rings. The van der Waals surface area contributed by atoms with Crippen molar-refractivity contribution in [2.24, 2.45) is 0 Å². The van der Waals surface area contributed by atoms with Crippen LogP contribution in [0, 0.1) is 0 Å². The van der Waals surface area contributed by atoms with Crippen molar-refractivity contribution in [3.8, 4) is 22.6 Å². The molecule has 1 aliphatic heterocycles. The van der Waals surface area contributed by atoms with Crippen molar-refractivity contribution in [3.05, 3.63) is 48.0 Å². The molecule has 3 rings (SSSR count). The smallest absolute Gasteiger partial charge is 0.254 e. The van der Waals surface area contributed by atoms with E-state index in [0.29, 0.717) is 36.8 Å². The Bertz CT molecular complexity index is 777. The zero-order chi connectivity index (χ0) is 18.5. The van der Waals surface area contributed by atoms with E-state index in [1.165, 1.54) is 0 Å². The van der Waals surface area contributed by atoms with E-state index in [-0.39, 0.29) is 18.6 Å². The molecule has 1 unspecified atom stereocenters. The van der Waals surface area contributed by atoms with Gasteiger partial charge in [-0.25, -0.2) is 0 Å². The van der Waals surface area contributed by atoms with Crippen molar-refractivity contribution >= 4 is 5.91 Å². The second-order valence-electron chi connectivity index (χ2n) is 6.06. The average Bonchev–Trinajstić information content (AvgIpc) is 2.72. The summed E-state index contributed by atoms with van der Waals surface area (Å²) in [5, 5.41) is 9.51. The number of ether oxygens (including phenoxy) is 3. The zero-order valence-electron chi connectivity index (χ0n) is 15.0. The molecule has 0 spiro atoms. The topological polar surface area (TPSA) is 68.2 Å². The van der Waals surface area contributed by atoms with Gasteiger partial charge < -0.3 is 24.2 Å². The number of rotatable bonds is 5. The highest BCUT2D eigenvalue weighted by molar-refractivity contribution is 5.96. The summed E-state index contributed by atoms with van der Waals surface area (Å²) in [5.74, 6) is 1.30. The second kappa shape index (κ2) is 8.21. The maximum absolute atomic E-state index is 12.9. The van der Waals surface area contributed by atoms with Gasteiger partial charge >= 0.3 is 0 Å². The maximum atomic E-state index is 12.9. The molecule has 0 radical (unpaired) electrons. The Balaban J connectivity index is 1.95. The second-order valence-corrected chi connectivity index (χ2v) is 6.06. The fraction of sp³-hybridized carbons (Fsp3) is 0.350. The number of nitrogens with zero attached hydrogens (tertiary/aromatic N) is 1. The summed E-state index contributed by atoms with van der Waals surface area (Å²) in [4.78, 5) is 14.6. The van der Waals surface area contributed by atoms with Crippen LogP contribution in [0.4, 0.5) is 0 Å². The summed E-state index contributed by atoms with van der Waals surface area (Å²) < 4.78 is 16.1. The molecule has 1 atom stereocenters. The Hall–Kier alpha value is -2.57. The number of aliphatic hydroxyl groups excluding tert-OH is 1. The third-order valence-corrected chi connectivity index (χ3v) is 4.53. The number of aliphatic hydroxyl groups is 1. The number of methoxy groups -OCH3 is 2. The van der Waals surface area contributed by atoms with Gasteiger partial charge in [-0.2, -0.15) is 0 Å². The average molecular weight is 357 g/mol. The molecule has 1 amide bonds. The van der Waals surface area contributed by atoms with E-state index >= 15 is 0 Å². The predicted octanol–water partition coefficient (Wildman–Crippen LogP) is 2.20. The largest absolute Gasteiger partial charge is 0.497 e. The number of hydrogen-bond donors (Lipinski definition) is 1. The summed E-state index contributed by atoms with van der Waals surface area (Å²) in [6.45, 7) is 1.18. The summed E-state index contributed by atoms with van der Waals surface area (Å²) in [6, 6.07) is 12.6. The van der Waals surface area contributed by atoms with Crippen LogP contribution in [0.5, 0.6) is 11.5 Å². The van der Waals surface area contributed by atoms with Gasteiger partial charge in [-0.15, -0.1) is 0 Å². The first kappa shape index (κ1) is 18.2. The number of hydrogen-bond acceptors (Lipinski definition) is 5. The van der Waals surface area contributed by atoms with E-state index < -0.39 is 0 Å². The van der Waals surface area contributed by atoms with Gasteiger partial charge in [0.25, 0.3) is 5.91 Å². The van der Waals surface area contributed by atoms with Gasteiger partial charge in [0.2, 0.25) is 0 Å². The minimum atomic E-state index is -0.314. The van der Waals surface area contributed by atoms with E-state index in [0.717, 1.165) is 11.1 Å². The van der Waals surface area contributed by atoms with Crippen LogP contribution in [-0.2, 0) is 4.74 Å². The molecular formula is C20H23NO5. The molecule has 1 heterocycles. The number of amides is 1. The quantitative estimate of drug-likeness (QED) is 0.889. The number of carbonyl (C=O) groups is 1. The SMILES string of the molecule is COc1ccc(OC)c(-c2cccc(C(=O)N3CCOCC3CO)c2)c1. The first-order valence-electron chi connectivity index (χ1n) is 8.50. The van der Waals surface area contributed by atoms with Crippen LogP contribution in [0.25, 0.3) is 11.1 Å². The molecule has 26 heavy (non-hydrogen) atoms. The van der Waals surface area contributed by atoms with Crippen molar-refractivity contribution in [3.63, 3.8) is 0 Å². The van der Waals surface area contributed by atoms with E-state index in [9.17, 15) is 9.90 Å². The van der Waals surface area contributed by atoms with Crippen LogP contribution in [-0.4, -0.2) is 62.5 Å². The highest BCUT2D eigenvalue weighted by atomic mass is 16.5. The number of morpholine rings is 1. The highest BCUT2D eigenvalue weighted by Gasteiger charge is 2.27. The molecule has 1 aliphatic rings. The minimum absolute atomic E-state index is 0.115. The van der Waals surface area contributed by atoms with Crippen LogP contribution in [0.2, 0.25) is 0 Å². The van der Waals surface area contributed by atoms with Crippen LogP contribution >= 0.6 is 0 Å². The molecule has 138 valence electrons. The summed E-state index contributed by atoms with van der Waals surface area (Å²) in [5.41, 5.74) is 2.27. The van der Waals surface area contributed by atoms with Crippen LogP contribution < -0.4 is 9.47 Å². The summed E-state index contributed by atoms with van der Waals surface area (Å²) >= 11 is 0. The first-order chi connectivity index (χ1) is 12.7.